The molecule has 3 heterocycles. The van der Waals surface area contributed by atoms with Crippen molar-refractivity contribution in [3.8, 4) is 0 Å². The minimum Gasteiger partial charge on any atom is -0.379 e. The van der Waals surface area contributed by atoms with Crippen LogP contribution < -0.4 is 10.2 Å². The first kappa shape index (κ1) is 20.5. The summed E-state index contributed by atoms with van der Waals surface area (Å²) in [6.07, 6.45) is 4.84. The van der Waals surface area contributed by atoms with Gasteiger partial charge in [-0.2, -0.15) is 0 Å². The quantitative estimate of drug-likeness (QED) is 0.488. The number of piperazine rings is 1. The first-order chi connectivity index (χ1) is 15.8. The Labute approximate surface area is 188 Å². The number of nitrogens with one attached hydrogen (secondary N) is 1. The molecule has 1 saturated heterocycles. The van der Waals surface area contributed by atoms with Crippen LogP contribution in [0.3, 0.4) is 0 Å². The second-order valence-corrected chi connectivity index (χ2v) is 8.34. The maximum absolute atomic E-state index is 4.24. The van der Waals surface area contributed by atoms with Crippen LogP contribution in [0.2, 0.25) is 0 Å². The van der Waals surface area contributed by atoms with Gasteiger partial charge >= 0.3 is 0 Å². The number of aromatic nitrogens is 4. The van der Waals surface area contributed by atoms with Gasteiger partial charge in [0.05, 0.1) is 16.9 Å². The molecule has 1 aliphatic heterocycles. The van der Waals surface area contributed by atoms with Crippen molar-refractivity contribution in [3.63, 3.8) is 0 Å². The van der Waals surface area contributed by atoms with Gasteiger partial charge in [-0.3, -0.25) is 9.88 Å². The molecule has 1 aliphatic rings. The third kappa shape index (κ3) is 4.57. The van der Waals surface area contributed by atoms with Crippen LogP contribution in [-0.2, 0) is 20.0 Å². The van der Waals surface area contributed by atoms with Crippen LogP contribution >= 0.6 is 0 Å². The molecule has 1 fully saturated rings. The fourth-order valence-electron chi connectivity index (χ4n) is 4.34. The number of nitrogens with zero attached hydrogens (tertiary/aromatic N) is 6. The standard InChI is InChI=1S/C25H29N7/c1-30-24-7-6-21(18-23(24)28-29-30)19-27-22-4-2-3-5-25(22)32-16-14-31(15-17-32)13-10-20-8-11-26-12-9-20/h2-9,11-12,18,27H,10,13-17,19H2,1H3. The van der Waals surface area contributed by atoms with Crippen LogP contribution in [0.15, 0.2) is 67.0 Å². The van der Waals surface area contributed by atoms with Crippen molar-refractivity contribution in [3.05, 3.63) is 78.1 Å². The lowest BCUT2D eigenvalue weighted by Crippen LogP contribution is -2.47. The number of hydrogen-bond acceptors (Lipinski definition) is 6. The van der Waals surface area contributed by atoms with Crippen molar-refractivity contribution >= 4 is 22.4 Å². The minimum absolute atomic E-state index is 0.759. The van der Waals surface area contributed by atoms with E-state index in [0.29, 0.717) is 0 Å². The third-order valence-electron chi connectivity index (χ3n) is 6.24. The van der Waals surface area contributed by atoms with Crippen LogP contribution in [0, 0.1) is 0 Å². The van der Waals surface area contributed by atoms with Gasteiger partial charge in [0, 0.05) is 58.7 Å². The van der Waals surface area contributed by atoms with Gasteiger partial charge in [0.15, 0.2) is 0 Å². The SMILES string of the molecule is Cn1nnc2cc(CNc3ccccc3N3CCN(CCc4ccncc4)CC3)ccc21. The number of fused-ring (bicyclic) bond motifs is 1. The highest BCUT2D eigenvalue weighted by Crippen LogP contribution is 2.27. The second kappa shape index (κ2) is 9.36. The molecule has 0 amide bonds. The molecule has 5 rings (SSSR count). The van der Waals surface area contributed by atoms with Crippen LogP contribution in [0.1, 0.15) is 11.1 Å². The van der Waals surface area contributed by atoms with Gasteiger partial charge in [-0.25, -0.2) is 4.68 Å². The highest BCUT2D eigenvalue weighted by atomic mass is 15.4. The highest BCUT2D eigenvalue weighted by Gasteiger charge is 2.19. The van der Waals surface area contributed by atoms with Gasteiger partial charge in [0.1, 0.15) is 5.52 Å². The fraction of sp³-hybridized carbons (Fsp3) is 0.320. The zero-order chi connectivity index (χ0) is 21.8. The molecule has 0 bridgehead atoms. The first-order valence-electron chi connectivity index (χ1n) is 11.2. The number of anilines is 2. The van der Waals surface area contributed by atoms with Gasteiger partial charge in [-0.05, 0) is 53.9 Å². The minimum atomic E-state index is 0.759. The molecule has 2 aromatic carbocycles. The van der Waals surface area contributed by atoms with Crippen LogP contribution in [0.25, 0.3) is 11.0 Å². The molecule has 1 N–H and O–H groups in total. The normalized spacial score (nSPS) is 14.7. The maximum atomic E-state index is 4.24. The second-order valence-electron chi connectivity index (χ2n) is 8.34. The van der Waals surface area contributed by atoms with E-state index in [4.69, 9.17) is 0 Å². The fourth-order valence-corrected chi connectivity index (χ4v) is 4.34. The summed E-state index contributed by atoms with van der Waals surface area (Å²) in [7, 11) is 1.92. The van der Waals surface area contributed by atoms with Gasteiger partial charge in [0.25, 0.3) is 0 Å². The van der Waals surface area contributed by atoms with E-state index in [1.165, 1.54) is 22.5 Å². The van der Waals surface area contributed by atoms with E-state index in [1.807, 2.05) is 19.4 Å². The molecular formula is C25H29N7. The smallest absolute Gasteiger partial charge is 0.113 e. The molecule has 0 unspecified atom stereocenters. The van der Waals surface area contributed by atoms with Crippen molar-refractivity contribution in [1.29, 1.82) is 0 Å². The summed E-state index contributed by atoms with van der Waals surface area (Å²) in [5, 5.41) is 12.0. The number of hydrogen-bond donors (Lipinski definition) is 1. The molecule has 0 atom stereocenters. The Bertz CT molecular complexity index is 1160. The molecule has 0 aliphatic carbocycles. The molecule has 164 valence electrons. The Morgan fingerprint density at radius 2 is 1.72 bits per heavy atom. The first-order valence-corrected chi connectivity index (χ1v) is 11.2. The van der Waals surface area contributed by atoms with Crippen molar-refractivity contribution < 1.29 is 0 Å². The van der Waals surface area contributed by atoms with E-state index in [1.54, 1.807) is 4.68 Å². The Morgan fingerprint density at radius 3 is 2.56 bits per heavy atom. The Hall–Kier alpha value is -3.45. The Kier molecular flexibility index (Phi) is 5.98. The summed E-state index contributed by atoms with van der Waals surface area (Å²) in [6, 6.07) is 19.2. The zero-order valence-electron chi connectivity index (χ0n) is 18.5. The van der Waals surface area contributed by atoms with E-state index in [9.17, 15) is 0 Å². The van der Waals surface area contributed by atoms with E-state index < -0.39 is 0 Å². The van der Waals surface area contributed by atoms with Crippen molar-refractivity contribution in [1.82, 2.24) is 24.9 Å². The number of para-hydroxylation sites is 2. The lowest BCUT2D eigenvalue weighted by molar-refractivity contribution is 0.261. The predicted octanol–water partition coefficient (Wildman–Crippen LogP) is 3.34. The average Bonchev–Trinajstić information content (AvgIpc) is 3.22. The Balaban J connectivity index is 1.19. The van der Waals surface area contributed by atoms with Gasteiger partial charge in [-0.15, -0.1) is 5.10 Å². The Morgan fingerprint density at radius 1 is 0.906 bits per heavy atom. The average molecular weight is 428 g/mol. The summed E-state index contributed by atoms with van der Waals surface area (Å²) >= 11 is 0. The van der Waals surface area contributed by atoms with Gasteiger partial charge in [-0.1, -0.05) is 23.4 Å². The highest BCUT2D eigenvalue weighted by molar-refractivity contribution is 5.75. The topological polar surface area (TPSA) is 62.1 Å². The van der Waals surface area contributed by atoms with Gasteiger partial charge < -0.3 is 10.2 Å². The van der Waals surface area contributed by atoms with E-state index in [-0.39, 0.29) is 0 Å². The molecule has 0 saturated carbocycles. The van der Waals surface area contributed by atoms with Crippen LogP contribution in [0.5, 0.6) is 0 Å². The maximum Gasteiger partial charge on any atom is 0.113 e. The molecule has 0 radical (unpaired) electrons. The zero-order valence-corrected chi connectivity index (χ0v) is 18.5. The predicted molar refractivity (Wildman–Crippen MR) is 129 cm³/mol. The largest absolute Gasteiger partial charge is 0.379 e. The monoisotopic (exact) mass is 427 g/mol. The molecule has 7 heteroatoms. The van der Waals surface area contributed by atoms with E-state index in [2.05, 4.69) is 85.0 Å². The summed E-state index contributed by atoms with van der Waals surface area (Å²) in [5.74, 6) is 0. The lowest BCUT2D eigenvalue weighted by atomic mass is 10.1. The van der Waals surface area contributed by atoms with E-state index >= 15 is 0 Å². The number of rotatable bonds is 7. The van der Waals surface area contributed by atoms with Crippen molar-refractivity contribution in [2.45, 2.75) is 13.0 Å². The van der Waals surface area contributed by atoms with E-state index in [0.717, 1.165) is 56.7 Å². The summed E-state index contributed by atoms with van der Waals surface area (Å²) in [6.45, 7) is 6.12. The summed E-state index contributed by atoms with van der Waals surface area (Å²) < 4.78 is 1.80. The molecule has 4 aromatic rings. The molecular weight excluding hydrogens is 398 g/mol. The van der Waals surface area contributed by atoms with Crippen LogP contribution in [-0.4, -0.2) is 57.6 Å². The molecule has 32 heavy (non-hydrogen) atoms. The summed E-state index contributed by atoms with van der Waals surface area (Å²) in [4.78, 5) is 9.16. The van der Waals surface area contributed by atoms with Gasteiger partial charge in [0.2, 0.25) is 0 Å². The lowest BCUT2D eigenvalue weighted by Gasteiger charge is -2.37. The third-order valence-corrected chi connectivity index (χ3v) is 6.24. The van der Waals surface area contributed by atoms with Crippen molar-refractivity contribution in [2.24, 2.45) is 7.05 Å². The van der Waals surface area contributed by atoms with Crippen LogP contribution in [0.4, 0.5) is 11.4 Å². The summed E-state index contributed by atoms with van der Waals surface area (Å²) in [5.41, 5.74) is 7.00. The number of aryl methyl sites for hydroxylation is 1. The number of pyridine rings is 1. The van der Waals surface area contributed by atoms with Crippen molar-refractivity contribution in [2.75, 3.05) is 42.9 Å². The molecule has 7 nitrogen and oxygen atoms in total. The molecule has 0 spiro atoms. The molecule has 2 aromatic heterocycles. The number of benzene rings is 2.